The highest BCUT2D eigenvalue weighted by Gasteiger charge is 2.11. The van der Waals surface area contributed by atoms with Crippen LogP contribution in [-0.4, -0.2) is 49.1 Å². The molecule has 0 saturated heterocycles. The number of nitrogens with one attached hydrogen (secondary N) is 3. The molecule has 1 aromatic heterocycles. The highest BCUT2D eigenvalue weighted by molar-refractivity contribution is 5.85. The Morgan fingerprint density at radius 3 is 2.50 bits per heavy atom. The fraction of sp³-hybridized carbons (Fsp3) is 0.476. The third-order valence-corrected chi connectivity index (χ3v) is 5.00. The molecule has 7 nitrogen and oxygen atoms in total. The highest BCUT2D eigenvalue weighted by Crippen LogP contribution is 2.11. The Balaban J connectivity index is 1.82. The van der Waals surface area contributed by atoms with E-state index in [2.05, 4.69) is 24.5 Å². The Morgan fingerprint density at radius 2 is 1.79 bits per heavy atom. The maximum atomic E-state index is 12.6. The van der Waals surface area contributed by atoms with Gasteiger partial charge in [-0.3, -0.25) is 14.4 Å². The van der Waals surface area contributed by atoms with Crippen LogP contribution in [0.3, 0.4) is 0 Å². The van der Waals surface area contributed by atoms with Crippen molar-refractivity contribution in [2.75, 3.05) is 32.7 Å². The molecule has 0 bridgehead atoms. The molecule has 0 spiro atoms. The first-order valence-corrected chi connectivity index (χ1v) is 9.92. The van der Waals surface area contributed by atoms with Crippen molar-refractivity contribution in [1.82, 2.24) is 15.2 Å². The number of aryl methyl sites for hydroxylation is 1. The SMILES string of the molecule is CC[NH+](CC)CCCNC(=O)CNC(=O)Cn1c(C)cc2ccccc2c1=O. The predicted octanol–water partition coefficient (Wildman–Crippen LogP) is -0.143. The van der Waals surface area contributed by atoms with Gasteiger partial charge < -0.3 is 20.1 Å². The summed E-state index contributed by atoms with van der Waals surface area (Å²) in [4.78, 5) is 38.2. The van der Waals surface area contributed by atoms with Crippen molar-refractivity contribution in [1.29, 1.82) is 0 Å². The van der Waals surface area contributed by atoms with Gasteiger partial charge in [-0.25, -0.2) is 0 Å². The normalized spacial score (nSPS) is 11.0. The molecule has 0 aliphatic carbocycles. The summed E-state index contributed by atoms with van der Waals surface area (Å²) in [6.07, 6.45) is 0.905. The Bertz CT molecular complexity index is 872. The van der Waals surface area contributed by atoms with E-state index in [1.807, 2.05) is 18.2 Å². The molecule has 0 fully saturated rings. The highest BCUT2D eigenvalue weighted by atomic mass is 16.2. The van der Waals surface area contributed by atoms with Crippen LogP contribution in [0.1, 0.15) is 26.0 Å². The minimum absolute atomic E-state index is 0.0850. The van der Waals surface area contributed by atoms with Crippen LogP contribution >= 0.6 is 0 Å². The van der Waals surface area contributed by atoms with Crippen LogP contribution < -0.4 is 21.1 Å². The van der Waals surface area contributed by atoms with Crippen LogP contribution in [0, 0.1) is 6.92 Å². The fourth-order valence-corrected chi connectivity index (χ4v) is 3.23. The van der Waals surface area contributed by atoms with Gasteiger partial charge in [0.05, 0.1) is 26.2 Å². The molecular formula is C21H31N4O3+. The molecule has 1 aromatic carbocycles. The van der Waals surface area contributed by atoms with Crippen LogP contribution in [-0.2, 0) is 16.1 Å². The van der Waals surface area contributed by atoms with E-state index in [1.165, 1.54) is 9.47 Å². The van der Waals surface area contributed by atoms with Gasteiger partial charge in [0.25, 0.3) is 5.56 Å². The molecule has 7 heteroatoms. The molecule has 2 rings (SSSR count). The maximum Gasteiger partial charge on any atom is 0.259 e. The van der Waals surface area contributed by atoms with Crippen LogP contribution in [0.2, 0.25) is 0 Å². The van der Waals surface area contributed by atoms with Gasteiger partial charge in [-0.2, -0.15) is 0 Å². The zero-order chi connectivity index (χ0) is 20.5. The van der Waals surface area contributed by atoms with Crippen LogP contribution in [0.15, 0.2) is 35.1 Å². The number of amides is 2. The van der Waals surface area contributed by atoms with E-state index in [0.29, 0.717) is 17.6 Å². The van der Waals surface area contributed by atoms with Crippen molar-refractivity contribution in [3.63, 3.8) is 0 Å². The number of carbonyl (C=O) groups excluding carboxylic acids is 2. The maximum absolute atomic E-state index is 12.6. The molecule has 0 radical (unpaired) electrons. The monoisotopic (exact) mass is 387 g/mol. The minimum Gasteiger partial charge on any atom is -0.354 e. The van der Waals surface area contributed by atoms with E-state index in [4.69, 9.17) is 0 Å². The second-order valence-corrected chi connectivity index (χ2v) is 6.95. The second-order valence-electron chi connectivity index (χ2n) is 6.95. The predicted molar refractivity (Wildman–Crippen MR) is 110 cm³/mol. The number of carbonyl (C=O) groups is 2. The Kier molecular flexibility index (Phi) is 8.19. The minimum atomic E-state index is -0.358. The zero-order valence-electron chi connectivity index (χ0n) is 17.0. The van der Waals surface area contributed by atoms with E-state index in [-0.39, 0.29) is 30.5 Å². The number of nitrogens with zero attached hydrogens (tertiary/aromatic N) is 1. The second kappa shape index (κ2) is 10.6. The average Bonchev–Trinajstić information content (AvgIpc) is 2.69. The van der Waals surface area contributed by atoms with Gasteiger partial charge in [-0.1, -0.05) is 18.2 Å². The molecule has 0 saturated carbocycles. The Morgan fingerprint density at radius 1 is 1.07 bits per heavy atom. The van der Waals surface area contributed by atoms with Crippen molar-refractivity contribution < 1.29 is 14.5 Å². The number of fused-ring (bicyclic) bond motifs is 1. The van der Waals surface area contributed by atoms with Gasteiger partial charge in [0.2, 0.25) is 11.8 Å². The Hall–Kier alpha value is -2.67. The van der Waals surface area contributed by atoms with Gasteiger partial charge in [0.15, 0.2) is 0 Å². The fourth-order valence-electron chi connectivity index (χ4n) is 3.23. The van der Waals surface area contributed by atoms with Crippen LogP contribution in [0.5, 0.6) is 0 Å². The van der Waals surface area contributed by atoms with Crippen LogP contribution in [0.25, 0.3) is 10.8 Å². The first kappa shape index (κ1) is 21.6. The summed E-state index contributed by atoms with van der Waals surface area (Å²) in [6, 6.07) is 9.18. The number of hydrogen-bond donors (Lipinski definition) is 3. The molecule has 0 atom stereocenters. The number of quaternary nitrogens is 1. The summed E-state index contributed by atoms with van der Waals surface area (Å²) in [6.45, 7) is 9.68. The lowest BCUT2D eigenvalue weighted by atomic mass is 10.1. The first-order chi connectivity index (χ1) is 13.5. The number of pyridine rings is 1. The number of aromatic nitrogens is 1. The topological polar surface area (TPSA) is 84.6 Å². The molecule has 3 N–H and O–H groups in total. The molecule has 2 amide bonds. The summed E-state index contributed by atoms with van der Waals surface area (Å²) in [7, 11) is 0. The van der Waals surface area contributed by atoms with Gasteiger partial charge in [-0.15, -0.1) is 0 Å². The largest absolute Gasteiger partial charge is 0.354 e. The molecular weight excluding hydrogens is 356 g/mol. The van der Waals surface area contributed by atoms with Gasteiger partial charge in [0, 0.05) is 24.0 Å². The summed E-state index contributed by atoms with van der Waals surface area (Å²) in [5.74, 6) is -0.575. The molecule has 152 valence electrons. The van der Waals surface area contributed by atoms with E-state index in [1.54, 1.807) is 19.1 Å². The molecule has 0 unspecified atom stereocenters. The van der Waals surface area contributed by atoms with Gasteiger partial charge >= 0.3 is 0 Å². The van der Waals surface area contributed by atoms with Crippen molar-refractivity contribution in [2.45, 2.75) is 33.7 Å². The number of rotatable bonds is 10. The van der Waals surface area contributed by atoms with E-state index < -0.39 is 0 Å². The van der Waals surface area contributed by atoms with Crippen molar-refractivity contribution in [2.24, 2.45) is 0 Å². The zero-order valence-corrected chi connectivity index (χ0v) is 17.0. The standard InChI is InChI=1S/C21H30N4O3/c1-4-24(5-2)12-8-11-22-19(26)14-23-20(27)15-25-16(3)13-17-9-6-7-10-18(17)21(25)28/h6-7,9-10,13H,4-5,8,11-12,14-15H2,1-3H3,(H,22,26)(H,23,27)/p+1. The smallest absolute Gasteiger partial charge is 0.259 e. The summed E-state index contributed by atoms with van der Waals surface area (Å²) < 4.78 is 1.43. The lowest BCUT2D eigenvalue weighted by Gasteiger charge is -2.15. The quantitative estimate of drug-likeness (QED) is 0.496. The van der Waals surface area contributed by atoms with Crippen molar-refractivity contribution >= 4 is 22.6 Å². The van der Waals surface area contributed by atoms with E-state index in [9.17, 15) is 14.4 Å². The van der Waals surface area contributed by atoms with E-state index in [0.717, 1.165) is 31.4 Å². The molecule has 0 aliphatic heterocycles. The van der Waals surface area contributed by atoms with E-state index >= 15 is 0 Å². The third-order valence-electron chi connectivity index (χ3n) is 5.00. The molecule has 28 heavy (non-hydrogen) atoms. The lowest BCUT2D eigenvalue weighted by Crippen LogP contribution is -3.11. The molecule has 1 heterocycles. The summed E-state index contributed by atoms with van der Waals surface area (Å²) in [5, 5.41) is 6.84. The van der Waals surface area contributed by atoms with Gasteiger partial charge in [-0.05, 0) is 38.3 Å². The van der Waals surface area contributed by atoms with Gasteiger partial charge in [0.1, 0.15) is 6.54 Å². The lowest BCUT2D eigenvalue weighted by molar-refractivity contribution is -0.896. The number of hydrogen-bond acceptors (Lipinski definition) is 3. The third kappa shape index (κ3) is 5.92. The summed E-state index contributed by atoms with van der Waals surface area (Å²) >= 11 is 0. The van der Waals surface area contributed by atoms with Crippen molar-refractivity contribution in [3.05, 3.63) is 46.4 Å². The molecule has 2 aromatic rings. The Labute approximate surface area is 165 Å². The summed E-state index contributed by atoms with van der Waals surface area (Å²) in [5.41, 5.74) is 0.510. The van der Waals surface area contributed by atoms with Crippen LogP contribution in [0.4, 0.5) is 0 Å². The molecule has 0 aliphatic rings. The first-order valence-electron chi connectivity index (χ1n) is 9.92. The average molecular weight is 388 g/mol. The number of benzene rings is 1. The van der Waals surface area contributed by atoms with Crippen molar-refractivity contribution in [3.8, 4) is 0 Å².